The SMILES string of the molecule is NC(COc1ccc(C(=O)N2CCC(c3ccc(F)cc3)C2)cc1)Cn1nccn1. The molecule has 1 aliphatic heterocycles. The van der Waals surface area contributed by atoms with Crippen molar-refractivity contribution in [3.8, 4) is 5.75 Å². The Balaban J connectivity index is 1.29. The molecule has 3 aromatic rings. The molecule has 1 aromatic heterocycles. The van der Waals surface area contributed by atoms with Gasteiger partial charge >= 0.3 is 0 Å². The zero-order chi connectivity index (χ0) is 20.9. The zero-order valence-corrected chi connectivity index (χ0v) is 16.5. The van der Waals surface area contributed by atoms with Gasteiger partial charge in [-0.1, -0.05) is 12.1 Å². The Kier molecular flexibility index (Phi) is 6.04. The molecule has 1 amide bonds. The highest BCUT2D eigenvalue weighted by Crippen LogP contribution is 2.28. The number of amides is 1. The quantitative estimate of drug-likeness (QED) is 0.648. The van der Waals surface area contributed by atoms with Gasteiger partial charge in [0.05, 0.1) is 25.0 Å². The van der Waals surface area contributed by atoms with Crippen molar-refractivity contribution in [3.63, 3.8) is 0 Å². The van der Waals surface area contributed by atoms with Crippen LogP contribution in [0.1, 0.15) is 28.3 Å². The number of hydrogen-bond donors (Lipinski definition) is 1. The van der Waals surface area contributed by atoms with Crippen LogP contribution in [0.5, 0.6) is 5.75 Å². The predicted molar refractivity (Wildman–Crippen MR) is 110 cm³/mol. The second-order valence-electron chi connectivity index (χ2n) is 7.47. The fourth-order valence-electron chi connectivity index (χ4n) is 3.63. The molecule has 0 spiro atoms. The van der Waals surface area contributed by atoms with Crippen molar-refractivity contribution in [1.29, 1.82) is 0 Å². The van der Waals surface area contributed by atoms with Crippen molar-refractivity contribution in [2.75, 3.05) is 19.7 Å². The second-order valence-corrected chi connectivity index (χ2v) is 7.47. The van der Waals surface area contributed by atoms with Crippen molar-refractivity contribution in [2.24, 2.45) is 5.73 Å². The number of hydrogen-bond acceptors (Lipinski definition) is 5. The number of nitrogens with zero attached hydrogens (tertiary/aromatic N) is 4. The molecule has 2 aromatic carbocycles. The maximum atomic E-state index is 13.1. The summed E-state index contributed by atoms with van der Waals surface area (Å²) in [5.74, 6) is 0.641. The number of rotatable bonds is 7. The van der Waals surface area contributed by atoms with Crippen LogP contribution in [0.25, 0.3) is 0 Å². The average Bonchev–Trinajstić information content (AvgIpc) is 3.45. The fraction of sp³-hybridized carbons (Fsp3) is 0.318. The van der Waals surface area contributed by atoms with Crippen LogP contribution in [0, 0.1) is 5.82 Å². The first-order valence-corrected chi connectivity index (χ1v) is 9.96. The molecule has 30 heavy (non-hydrogen) atoms. The lowest BCUT2D eigenvalue weighted by Crippen LogP contribution is -2.33. The van der Waals surface area contributed by atoms with Gasteiger partial charge in [-0.3, -0.25) is 4.79 Å². The summed E-state index contributed by atoms with van der Waals surface area (Å²) in [7, 11) is 0. The van der Waals surface area contributed by atoms with Gasteiger partial charge in [-0.25, -0.2) is 4.39 Å². The van der Waals surface area contributed by atoms with E-state index < -0.39 is 0 Å². The summed E-state index contributed by atoms with van der Waals surface area (Å²) in [5.41, 5.74) is 7.72. The molecule has 1 fully saturated rings. The van der Waals surface area contributed by atoms with Crippen molar-refractivity contribution < 1.29 is 13.9 Å². The van der Waals surface area contributed by atoms with Crippen LogP contribution in [-0.4, -0.2) is 51.5 Å². The largest absolute Gasteiger partial charge is 0.492 e. The lowest BCUT2D eigenvalue weighted by atomic mass is 9.99. The Bertz CT molecular complexity index is 960. The lowest BCUT2D eigenvalue weighted by Gasteiger charge is -2.17. The Labute approximate surface area is 174 Å². The van der Waals surface area contributed by atoms with Crippen molar-refractivity contribution in [1.82, 2.24) is 19.9 Å². The lowest BCUT2D eigenvalue weighted by molar-refractivity contribution is 0.0790. The van der Waals surface area contributed by atoms with Crippen molar-refractivity contribution >= 4 is 5.91 Å². The molecule has 0 aliphatic carbocycles. The highest BCUT2D eigenvalue weighted by atomic mass is 19.1. The topological polar surface area (TPSA) is 86.3 Å². The van der Waals surface area contributed by atoms with Crippen LogP contribution >= 0.6 is 0 Å². The first kappa shape index (κ1) is 20.0. The molecule has 2 atom stereocenters. The van der Waals surface area contributed by atoms with E-state index in [2.05, 4.69) is 10.2 Å². The number of carbonyl (C=O) groups excluding carboxylic acids is 1. The van der Waals surface area contributed by atoms with Gasteiger partial charge in [0.15, 0.2) is 0 Å². The molecule has 2 unspecified atom stereocenters. The fourth-order valence-corrected chi connectivity index (χ4v) is 3.63. The number of aromatic nitrogens is 3. The minimum Gasteiger partial charge on any atom is -0.492 e. The normalized spacial score (nSPS) is 17.1. The first-order chi connectivity index (χ1) is 14.6. The molecule has 156 valence electrons. The minimum atomic E-state index is -0.244. The maximum Gasteiger partial charge on any atom is 0.253 e. The van der Waals surface area contributed by atoms with Crippen LogP contribution in [-0.2, 0) is 6.54 Å². The molecule has 0 radical (unpaired) electrons. The summed E-state index contributed by atoms with van der Waals surface area (Å²) < 4.78 is 18.8. The molecular formula is C22H24FN5O2. The van der Waals surface area contributed by atoms with Crippen LogP contribution in [0.2, 0.25) is 0 Å². The van der Waals surface area contributed by atoms with E-state index in [1.54, 1.807) is 48.8 Å². The molecule has 1 saturated heterocycles. The number of ether oxygens (including phenoxy) is 1. The van der Waals surface area contributed by atoms with E-state index >= 15 is 0 Å². The Morgan fingerprint density at radius 1 is 1.13 bits per heavy atom. The smallest absolute Gasteiger partial charge is 0.253 e. The third-order valence-corrected chi connectivity index (χ3v) is 5.25. The van der Waals surface area contributed by atoms with E-state index in [1.807, 2.05) is 4.90 Å². The minimum absolute atomic E-state index is 0.00683. The van der Waals surface area contributed by atoms with Crippen LogP contribution in [0.4, 0.5) is 4.39 Å². The third kappa shape index (κ3) is 4.83. The zero-order valence-electron chi connectivity index (χ0n) is 16.5. The predicted octanol–water partition coefficient (Wildman–Crippen LogP) is 2.45. The van der Waals surface area contributed by atoms with Gasteiger partial charge in [0.1, 0.15) is 18.2 Å². The molecule has 8 heteroatoms. The summed E-state index contributed by atoms with van der Waals surface area (Å²) >= 11 is 0. The van der Waals surface area contributed by atoms with Gasteiger partial charge in [-0.05, 0) is 48.4 Å². The Morgan fingerprint density at radius 3 is 2.53 bits per heavy atom. The molecule has 0 bridgehead atoms. The van der Waals surface area contributed by atoms with E-state index in [-0.39, 0.29) is 23.7 Å². The van der Waals surface area contributed by atoms with E-state index in [0.717, 1.165) is 12.0 Å². The summed E-state index contributed by atoms with van der Waals surface area (Å²) in [4.78, 5) is 16.2. The molecule has 2 heterocycles. The average molecular weight is 409 g/mol. The van der Waals surface area contributed by atoms with Gasteiger partial charge in [-0.2, -0.15) is 15.0 Å². The third-order valence-electron chi connectivity index (χ3n) is 5.25. The van der Waals surface area contributed by atoms with E-state index in [0.29, 0.717) is 37.6 Å². The van der Waals surface area contributed by atoms with Gasteiger partial charge in [0.2, 0.25) is 0 Å². The van der Waals surface area contributed by atoms with Gasteiger partial charge in [-0.15, -0.1) is 0 Å². The van der Waals surface area contributed by atoms with Crippen molar-refractivity contribution in [2.45, 2.75) is 24.9 Å². The highest BCUT2D eigenvalue weighted by Gasteiger charge is 2.28. The van der Waals surface area contributed by atoms with Crippen LogP contribution in [0.15, 0.2) is 60.9 Å². The summed E-state index contributed by atoms with van der Waals surface area (Å²) in [5, 5.41) is 8.04. The van der Waals surface area contributed by atoms with Crippen molar-refractivity contribution in [3.05, 3.63) is 77.9 Å². The molecule has 1 aliphatic rings. The Hall–Kier alpha value is -3.26. The molecule has 2 N–H and O–H groups in total. The number of benzene rings is 2. The van der Waals surface area contributed by atoms with Gasteiger partial charge in [0.25, 0.3) is 5.91 Å². The monoisotopic (exact) mass is 409 g/mol. The number of likely N-dealkylation sites (tertiary alicyclic amines) is 1. The summed E-state index contributed by atoms with van der Waals surface area (Å²) in [6.45, 7) is 2.11. The first-order valence-electron chi connectivity index (χ1n) is 9.96. The summed E-state index contributed by atoms with van der Waals surface area (Å²) in [6.07, 6.45) is 4.08. The molecule has 7 nitrogen and oxygen atoms in total. The van der Waals surface area contributed by atoms with E-state index in [9.17, 15) is 9.18 Å². The standard InChI is InChI=1S/C22H24FN5O2/c23-19-5-1-16(2-6-19)18-9-12-27(13-18)22(29)17-3-7-21(8-4-17)30-15-20(24)14-28-25-10-11-26-28/h1-8,10-11,18,20H,9,12-15,24H2. The number of nitrogens with two attached hydrogens (primary N) is 1. The highest BCUT2D eigenvalue weighted by molar-refractivity contribution is 5.94. The molecule has 4 rings (SSSR count). The molecular weight excluding hydrogens is 385 g/mol. The number of carbonyl (C=O) groups is 1. The number of halogens is 1. The van der Waals surface area contributed by atoms with Gasteiger partial charge < -0.3 is 15.4 Å². The van der Waals surface area contributed by atoms with Crippen LogP contribution in [0.3, 0.4) is 0 Å². The van der Waals surface area contributed by atoms with E-state index in [1.165, 1.54) is 16.9 Å². The van der Waals surface area contributed by atoms with Crippen LogP contribution < -0.4 is 10.5 Å². The molecule has 0 saturated carbocycles. The maximum absolute atomic E-state index is 13.1. The van der Waals surface area contributed by atoms with Gasteiger partial charge in [0, 0.05) is 24.6 Å². The van der Waals surface area contributed by atoms with E-state index in [4.69, 9.17) is 10.5 Å². The second kappa shape index (κ2) is 9.04. The summed E-state index contributed by atoms with van der Waals surface area (Å²) in [6, 6.07) is 13.4. The Morgan fingerprint density at radius 2 is 1.83 bits per heavy atom.